The van der Waals surface area contributed by atoms with E-state index >= 15 is 0 Å². The minimum atomic E-state index is -0.879. The maximum absolute atomic E-state index is 13.4. The molecule has 1 aliphatic heterocycles. The zero-order chi connectivity index (χ0) is 21.7. The van der Waals surface area contributed by atoms with E-state index in [1.165, 1.54) is 4.90 Å². The van der Waals surface area contributed by atoms with Crippen LogP contribution in [0.5, 0.6) is 0 Å². The highest BCUT2D eigenvalue weighted by Crippen LogP contribution is 2.53. The Hall–Kier alpha value is -2.73. The van der Waals surface area contributed by atoms with Crippen molar-refractivity contribution in [1.82, 2.24) is 4.90 Å². The van der Waals surface area contributed by atoms with Gasteiger partial charge in [0.15, 0.2) is 0 Å². The van der Waals surface area contributed by atoms with Crippen LogP contribution in [0.2, 0.25) is 0 Å². The fourth-order valence-corrected chi connectivity index (χ4v) is 5.83. The zero-order valence-corrected chi connectivity index (χ0v) is 18.7. The lowest BCUT2D eigenvalue weighted by Crippen LogP contribution is -2.49. The van der Waals surface area contributed by atoms with Crippen molar-refractivity contribution in [3.8, 4) is 0 Å². The molecule has 31 heavy (non-hydrogen) atoms. The lowest BCUT2D eigenvalue weighted by atomic mass is 9.85. The number of carbonyl (C=O) groups is 3. The molecule has 1 saturated carbocycles. The van der Waals surface area contributed by atoms with E-state index in [1.54, 1.807) is 0 Å². The molecule has 0 aromatic heterocycles. The number of imide groups is 1. The van der Waals surface area contributed by atoms with E-state index < -0.39 is 6.04 Å². The van der Waals surface area contributed by atoms with Crippen LogP contribution in [0.15, 0.2) is 65.2 Å². The van der Waals surface area contributed by atoms with Crippen LogP contribution < -0.4 is 5.32 Å². The molecule has 1 heterocycles. The second-order valence-corrected chi connectivity index (χ2v) is 9.62. The van der Waals surface area contributed by atoms with Crippen molar-refractivity contribution in [2.75, 3.05) is 5.32 Å². The molecule has 2 aliphatic carbocycles. The summed E-state index contributed by atoms with van der Waals surface area (Å²) in [5.41, 5.74) is 2.49. The van der Waals surface area contributed by atoms with Crippen molar-refractivity contribution in [1.29, 1.82) is 0 Å². The van der Waals surface area contributed by atoms with Gasteiger partial charge in [-0.25, -0.2) is 0 Å². The molecule has 158 valence electrons. The summed E-state index contributed by atoms with van der Waals surface area (Å²) in [6.45, 7) is 1.91. The lowest BCUT2D eigenvalue weighted by molar-refractivity contribution is -0.147. The highest BCUT2D eigenvalue weighted by molar-refractivity contribution is 9.10. The van der Waals surface area contributed by atoms with Crippen LogP contribution in [0.3, 0.4) is 0 Å². The number of hydrogen-bond donors (Lipinski definition) is 1. The maximum Gasteiger partial charge on any atom is 0.248 e. The Kier molecular flexibility index (Phi) is 5.05. The van der Waals surface area contributed by atoms with Gasteiger partial charge in [0.05, 0.1) is 11.8 Å². The molecule has 2 aromatic rings. The first kappa shape index (κ1) is 20.2. The number of fused-ring (bicyclic) bond motifs is 5. The van der Waals surface area contributed by atoms with Gasteiger partial charge in [0.25, 0.3) is 0 Å². The maximum atomic E-state index is 13.4. The van der Waals surface area contributed by atoms with Crippen LogP contribution in [-0.2, 0) is 20.8 Å². The van der Waals surface area contributed by atoms with E-state index in [0.717, 1.165) is 22.0 Å². The number of anilines is 1. The van der Waals surface area contributed by atoms with Gasteiger partial charge in [-0.15, -0.1) is 0 Å². The smallest absolute Gasteiger partial charge is 0.248 e. The van der Waals surface area contributed by atoms with Gasteiger partial charge in [-0.3, -0.25) is 19.3 Å². The van der Waals surface area contributed by atoms with E-state index in [-0.39, 0.29) is 41.4 Å². The topological polar surface area (TPSA) is 66.5 Å². The third-order valence-electron chi connectivity index (χ3n) is 6.84. The quantitative estimate of drug-likeness (QED) is 0.519. The van der Waals surface area contributed by atoms with Gasteiger partial charge in [0.2, 0.25) is 17.7 Å². The summed E-state index contributed by atoms with van der Waals surface area (Å²) in [5, 5.41) is 2.96. The van der Waals surface area contributed by atoms with E-state index in [2.05, 4.69) is 33.4 Å². The number of allylic oxidation sites excluding steroid dienone is 2. The van der Waals surface area contributed by atoms with Gasteiger partial charge in [-0.05, 0) is 54.5 Å². The summed E-state index contributed by atoms with van der Waals surface area (Å²) in [5.74, 6) is -1.13. The Labute approximate surface area is 189 Å². The number of halogens is 1. The van der Waals surface area contributed by atoms with Gasteiger partial charge < -0.3 is 5.32 Å². The molecule has 2 aromatic carbocycles. The van der Waals surface area contributed by atoms with Crippen molar-refractivity contribution >= 4 is 39.3 Å². The molecule has 2 fully saturated rings. The minimum Gasteiger partial charge on any atom is -0.324 e. The van der Waals surface area contributed by atoms with Crippen molar-refractivity contribution < 1.29 is 14.4 Å². The minimum absolute atomic E-state index is 0.116. The van der Waals surface area contributed by atoms with Crippen LogP contribution in [0.4, 0.5) is 5.69 Å². The Morgan fingerprint density at radius 2 is 1.71 bits per heavy atom. The fourth-order valence-electron chi connectivity index (χ4n) is 5.35. The Morgan fingerprint density at radius 3 is 2.32 bits per heavy atom. The predicted molar refractivity (Wildman–Crippen MR) is 121 cm³/mol. The molecule has 3 amide bonds. The molecule has 0 radical (unpaired) electrons. The molecular weight excluding hydrogens is 456 g/mol. The van der Waals surface area contributed by atoms with Crippen LogP contribution >= 0.6 is 15.9 Å². The van der Waals surface area contributed by atoms with Crippen molar-refractivity contribution in [2.24, 2.45) is 23.7 Å². The van der Waals surface area contributed by atoms with E-state index in [0.29, 0.717) is 12.1 Å². The second kappa shape index (κ2) is 7.75. The lowest BCUT2D eigenvalue weighted by Gasteiger charge is -2.27. The van der Waals surface area contributed by atoms with E-state index in [9.17, 15) is 14.4 Å². The first-order chi connectivity index (χ1) is 14.9. The van der Waals surface area contributed by atoms with Gasteiger partial charge in [0.1, 0.15) is 6.04 Å². The molecule has 0 spiro atoms. The Morgan fingerprint density at radius 1 is 1.06 bits per heavy atom. The highest BCUT2D eigenvalue weighted by atomic mass is 79.9. The average molecular weight is 479 g/mol. The summed E-state index contributed by atoms with van der Waals surface area (Å²) in [6, 6.07) is 14.3. The molecule has 5 unspecified atom stereocenters. The van der Waals surface area contributed by atoms with E-state index in [1.807, 2.05) is 55.5 Å². The van der Waals surface area contributed by atoms with Crippen LogP contribution in [0.1, 0.15) is 17.5 Å². The number of rotatable bonds is 5. The van der Waals surface area contributed by atoms with Gasteiger partial charge in [-0.2, -0.15) is 0 Å². The van der Waals surface area contributed by atoms with Crippen molar-refractivity contribution in [2.45, 2.75) is 25.8 Å². The summed E-state index contributed by atoms with van der Waals surface area (Å²) in [4.78, 5) is 41.5. The van der Waals surface area contributed by atoms with Crippen LogP contribution in [0.25, 0.3) is 0 Å². The number of aryl methyl sites for hydroxylation is 1. The van der Waals surface area contributed by atoms with Crippen molar-refractivity contribution in [3.63, 3.8) is 0 Å². The summed E-state index contributed by atoms with van der Waals surface area (Å²) >= 11 is 3.43. The summed E-state index contributed by atoms with van der Waals surface area (Å²) < 4.78 is 0.921. The normalized spacial score (nSPS) is 27.0. The first-order valence-corrected chi connectivity index (χ1v) is 11.4. The predicted octanol–water partition coefficient (Wildman–Crippen LogP) is 4.11. The number of nitrogens with zero attached hydrogens (tertiary/aromatic N) is 1. The highest BCUT2D eigenvalue weighted by Gasteiger charge is 2.61. The monoisotopic (exact) mass is 478 g/mol. The Bertz CT molecular complexity index is 1070. The molecule has 1 saturated heterocycles. The SMILES string of the molecule is Cc1cc(Br)ccc1NC(=O)C(Cc1ccccc1)N1C(=O)C2C3C=CC(C3)C2C1=O. The largest absolute Gasteiger partial charge is 0.324 e. The molecule has 6 heteroatoms. The van der Waals surface area contributed by atoms with Gasteiger partial charge >= 0.3 is 0 Å². The standard InChI is InChI=1S/C25H23BrN2O3/c1-14-11-18(26)9-10-19(14)27-23(29)20(12-15-5-3-2-4-6-15)28-24(30)21-16-7-8-17(13-16)22(21)25(28)31/h2-11,16-17,20-22H,12-13H2,1H3,(H,27,29). The molecule has 5 atom stereocenters. The van der Waals surface area contributed by atoms with Gasteiger partial charge in [-0.1, -0.05) is 58.4 Å². The average Bonchev–Trinajstić information content (AvgIpc) is 3.43. The van der Waals surface area contributed by atoms with E-state index in [4.69, 9.17) is 0 Å². The summed E-state index contributed by atoms with van der Waals surface area (Å²) in [7, 11) is 0. The number of nitrogens with one attached hydrogen (secondary N) is 1. The van der Waals surface area contributed by atoms with Crippen LogP contribution in [0, 0.1) is 30.6 Å². The first-order valence-electron chi connectivity index (χ1n) is 10.6. The molecule has 5 nitrogen and oxygen atoms in total. The molecule has 2 bridgehead atoms. The molecule has 5 rings (SSSR count). The molecule has 1 N–H and O–H groups in total. The van der Waals surface area contributed by atoms with Crippen molar-refractivity contribution in [3.05, 3.63) is 76.3 Å². The number of likely N-dealkylation sites (tertiary alicyclic amines) is 1. The third kappa shape index (κ3) is 3.43. The summed E-state index contributed by atoms with van der Waals surface area (Å²) in [6.07, 6.45) is 5.30. The second-order valence-electron chi connectivity index (χ2n) is 8.70. The number of hydrogen-bond acceptors (Lipinski definition) is 3. The number of carbonyl (C=O) groups excluding carboxylic acids is 3. The molecule has 3 aliphatic rings. The number of amides is 3. The molecular formula is C25H23BrN2O3. The zero-order valence-electron chi connectivity index (χ0n) is 17.1. The third-order valence-corrected chi connectivity index (χ3v) is 7.33. The van der Waals surface area contributed by atoms with Gasteiger partial charge in [0, 0.05) is 16.6 Å². The number of benzene rings is 2. The van der Waals surface area contributed by atoms with Crippen LogP contribution in [-0.4, -0.2) is 28.7 Å². The fraction of sp³-hybridized carbons (Fsp3) is 0.320. The Balaban J connectivity index is 1.47.